The van der Waals surface area contributed by atoms with Gasteiger partial charge in [-0.1, -0.05) is 38.4 Å². The Labute approximate surface area is 133 Å². The van der Waals surface area contributed by atoms with Crippen molar-refractivity contribution in [2.45, 2.75) is 57.8 Å². The van der Waals surface area contributed by atoms with E-state index in [0.29, 0.717) is 5.15 Å². The molecule has 1 aromatic heterocycles. The summed E-state index contributed by atoms with van der Waals surface area (Å²) in [7, 11) is -1.89. The lowest BCUT2D eigenvalue weighted by molar-refractivity contribution is 0.107. The summed E-state index contributed by atoms with van der Waals surface area (Å²) < 4.78 is 6.56. The molecule has 1 aliphatic rings. The average molecular weight is 328 g/mol. The Morgan fingerprint density at radius 3 is 2.62 bits per heavy atom. The molecule has 1 N–H and O–H groups in total. The molecular formula is C16H26ClNO2Si. The van der Waals surface area contributed by atoms with Gasteiger partial charge in [0.1, 0.15) is 5.15 Å². The summed E-state index contributed by atoms with van der Waals surface area (Å²) in [6.07, 6.45) is 1.63. The largest absolute Gasteiger partial charge is 0.408 e. The number of aliphatic hydroxyl groups is 1. The fraction of sp³-hybridized carbons (Fsp3) is 0.688. The van der Waals surface area contributed by atoms with Crippen molar-refractivity contribution in [1.82, 2.24) is 4.98 Å². The summed E-state index contributed by atoms with van der Waals surface area (Å²) >= 11 is 6.07. The lowest BCUT2D eigenvalue weighted by Crippen LogP contribution is -2.43. The summed E-state index contributed by atoms with van der Waals surface area (Å²) in [5, 5.41) is 10.2. The van der Waals surface area contributed by atoms with Crippen LogP contribution in [0, 0.1) is 5.92 Å². The smallest absolute Gasteiger partial charge is 0.192 e. The van der Waals surface area contributed by atoms with Gasteiger partial charge in [0.15, 0.2) is 8.32 Å². The quantitative estimate of drug-likeness (QED) is 0.662. The lowest BCUT2D eigenvalue weighted by Gasteiger charge is -2.41. The molecule has 5 heteroatoms. The highest BCUT2D eigenvalue weighted by Crippen LogP contribution is 2.43. The first-order chi connectivity index (χ1) is 9.64. The number of pyridine rings is 1. The van der Waals surface area contributed by atoms with E-state index >= 15 is 0 Å². The maximum absolute atomic E-state index is 9.56. The van der Waals surface area contributed by atoms with E-state index in [4.69, 9.17) is 16.0 Å². The van der Waals surface area contributed by atoms with Crippen LogP contribution in [0.25, 0.3) is 0 Å². The van der Waals surface area contributed by atoms with Gasteiger partial charge >= 0.3 is 0 Å². The second kappa shape index (κ2) is 5.99. The fourth-order valence-corrected chi connectivity index (χ4v) is 3.94. The molecule has 3 nitrogen and oxygen atoms in total. The standard InChI is InChI=1S/C16H26ClNO2Si/c1-16(2,3)21(4,5)20-13-9-11(10-19)8-12-6-7-14(17)18-15(12)13/h6-7,11,13,19H,8-10H2,1-5H3/t11-,13+/m1/s1. The molecule has 118 valence electrons. The van der Waals surface area contributed by atoms with E-state index < -0.39 is 8.32 Å². The van der Waals surface area contributed by atoms with Gasteiger partial charge in [0.25, 0.3) is 0 Å². The molecular weight excluding hydrogens is 302 g/mol. The van der Waals surface area contributed by atoms with Gasteiger partial charge in [-0.25, -0.2) is 4.98 Å². The highest BCUT2D eigenvalue weighted by atomic mass is 35.5. The van der Waals surface area contributed by atoms with Gasteiger partial charge in [-0.05, 0) is 48.5 Å². The third-order valence-corrected chi connectivity index (χ3v) is 9.54. The van der Waals surface area contributed by atoms with Crippen LogP contribution in [0.1, 0.15) is 44.6 Å². The maximum atomic E-state index is 9.56. The first-order valence-corrected chi connectivity index (χ1v) is 10.9. The van der Waals surface area contributed by atoms with Crippen LogP contribution in [0.3, 0.4) is 0 Å². The molecule has 0 fully saturated rings. The molecule has 0 radical (unpaired) electrons. The van der Waals surface area contributed by atoms with Crippen LogP contribution in [0.5, 0.6) is 0 Å². The number of hydrogen-bond acceptors (Lipinski definition) is 3. The lowest BCUT2D eigenvalue weighted by atomic mass is 9.85. The van der Waals surface area contributed by atoms with E-state index in [1.165, 1.54) is 0 Å². The molecule has 2 atom stereocenters. The topological polar surface area (TPSA) is 42.4 Å². The molecule has 0 saturated heterocycles. The van der Waals surface area contributed by atoms with Crippen molar-refractivity contribution in [3.05, 3.63) is 28.5 Å². The molecule has 2 rings (SSSR count). The molecule has 0 spiro atoms. The minimum atomic E-state index is -1.89. The van der Waals surface area contributed by atoms with E-state index in [1.807, 2.05) is 12.1 Å². The van der Waals surface area contributed by atoms with Crippen LogP contribution >= 0.6 is 11.6 Å². The van der Waals surface area contributed by atoms with Crippen LogP contribution in [0.2, 0.25) is 23.3 Å². The fourth-order valence-electron chi connectivity index (χ4n) is 2.51. The molecule has 0 aliphatic heterocycles. The molecule has 0 saturated carbocycles. The Morgan fingerprint density at radius 2 is 2.05 bits per heavy atom. The Hall–Kier alpha value is -0.423. The van der Waals surface area contributed by atoms with Gasteiger partial charge < -0.3 is 9.53 Å². The van der Waals surface area contributed by atoms with Crippen molar-refractivity contribution in [1.29, 1.82) is 0 Å². The predicted molar refractivity (Wildman–Crippen MR) is 89.2 cm³/mol. The average Bonchev–Trinajstić information content (AvgIpc) is 2.37. The van der Waals surface area contributed by atoms with Crippen LogP contribution in [-0.4, -0.2) is 25.0 Å². The molecule has 21 heavy (non-hydrogen) atoms. The van der Waals surface area contributed by atoms with E-state index in [2.05, 4.69) is 38.8 Å². The van der Waals surface area contributed by atoms with Crippen molar-refractivity contribution in [2.75, 3.05) is 6.61 Å². The second-order valence-electron chi connectivity index (χ2n) is 7.53. The Balaban J connectivity index is 2.33. The SMILES string of the molecule is CC(C)(C)[Si](C)(C)O[C@H]1C[C@H](CO)Cc2ccc(Cl)nc21. The molecule has 0 bridgehead atoms. The summed E-state index contributed by atoms with van der Waals surface area (Å²) in [4.78, 5) is 4.51. The van der Waals surface area contributed by atoms with Gasteiger partial charge in [-0.2, -0.15) is 0 Å². The summed E-state index contributed by atoms with van der Waals surface area (Å²) in [6, 6.07) is 3.85. The number of hydrogen-bond donors (Lipinski definition) is 1. The zero-order valence-corrected chi connectivity index (χ0v) is 15.4. The Bertz CT molecular complexity index is 513. The minimum Gasteiger partial charge on any atom is -0.408 e. The van der Waals surface area contributed by atoms with E-state index in [-0.39, 0.29) is 23.7 Å². The summed E-state index contributed by atoms with van der Waals surface area (Å²) in [5.41, 5.74) is 2.13. The molecule has 0 amide bonds. The highest BCUT2D eigenvalue weighted by Gasteiger charge is 2.41. The molecule has 1 heterocycles. The number of fused-ring (bicyclic) bond motifs is 1. The zero-order chi connectivity index (χ0) is 15.8. The van der Waals surface area contributed by atoms with Gasteiger partial charge in [0.05, 0.1) is 11.8 Å². The van der Waals surface area contributed by atoms with E-state index in [1.54, 1.807) is 0 Å². The van der Waals surface area contributed by atoms with Gasteiger partial charge in [0.2, 0.25) is 0 Å². The van der Waals surface area contributed by atoms with Gasteiger partial charge in [0, 0.05) is 6.61 Å². The monoisotopic (exact) mass is 327 g/mol. The molecule has 1 aromatic rings. The van der Waals surface area contributed by atoms with E-state index in [0.717, 1.165) is 24.1 Å². The van der Waals surface area contributed by atoms with E-state index in [9.17, 15) is 5.11 Å². The van der Waals surface area contributed by atoms with Crippen LogP contribution in [-0.2, 0) is 10.8 Å². The Kier molecular flexibility index (Phi) is 4.83. The molecule has 0 aromatic carbocycles. The van der Waals surface area contributed by atoms with Crippen molar-refractivity contribution < 1.29 is 9.53 Å². The normalized spacial score (nSPS) is 23.0. The number of halogens is 1. The number of aromatic nitrogens is 1. The number of aliphatic hydroxyl groups excluding tert-OH is 1. The van der Waals surface area contributed by atoms with Crippen LogP contribution in [0.15, 0.2) is 12.1 Å². The third kappa shape index (κ3) is 3.67. The summed E-state index contributed by atoms with van der Waals surface area (Å²) in [6.45, 7) is 11.4. The highest BCUT2D eigenvalue weighted by molar-refractivity contribution is 6.74. The maximum Gasteiger partial charge on any atom is 0.192 e. The third-order valence-electron chi connectivity index (χ3n) is 4.84. The number of nitrogens with zero attached hydrogens (tertiary/aromatic N) is 1. The zero-order valence-electron chi connectivity index (χ0n) is 13.6. The molecule has 0 unspecified atom stereocenters. The minimum absolute atomic E-state index is 0.0505. The molecule has 1 aliphatic carbocycles. The van der Waals surface area contributed by atoms with Gasteiger partial charge in [-0.3, -0.25) is 0 Å². The van der Waals surface area contributed by atoms with Crippen molar-refractivity contribution in [2.24, 2.45) is 5.92 Å². The summed E-state index contributed by atoms with van der Waals surface area (Å²) in [5.74, 6) is 0.246. The van der Waals surface area contributed by atoms with Crippen molar-refractivity contribution in [3.8, 4) is 0 Å². The van der Waals surface area contributed by atoms with Crippen LogP contribution in [0.4, 0.5) is 0 Å². The van der Waals surface area contributed by atoms with Crippen molar-refractivity contribution >= 4 is 19.9 Å². The Morgan fingerprint density at radius 1 is 1.38 bits per heavy atom. The first-order valence-electron chi connectivity index (χ1n) is 7.58. The first kappa shape index (κ1) is 16.9. The second-order valence-corrected chi connectivity index (χ2v) is 12.7. The van der Waals surface area contributed by atoms with Gasteiger partial charge in [-0.15, -0.1) is 0 Å². The number of rotatable bonds is 3. The van der Waals surface area contributed by atoms with Crippen molar-refractivity contribution in [3.63, 3.8) is 0 Å². The van der Waals surface area contributed by atoms with Crippen LogP contribution < -0.4 is 0 Å². The predicted octanol–water partition coefficient (Wildman–Crippen LogP) is 4.35.